The van der Waals surface area contributed by atoms with Gasteiger partial charge in [-0.1, -0.05) is 4.48 Å². The van der Waals surface area contributed by atoms with Crippen molar-refractivity contribution < 1.29 is 19.1 Å². The van der Waals surface area contributed by atoms with Gasteiger partial charge in [0.05, 0.1) is 22.8 Å². The lowest BCUT2D eigenvalue weighted by Gasteiger charge is -2.34. The Bertz CT molecular complexity index is 365. The number of hydrogen-bond donors (Lipinski definition) is 2. The molecular weight excluding hydrogens is 344 g/mol. The monoisotopic (exact) mass is 357 g/mol. The minimum atomic E-state index is -0.813. The third-order valence-electron chi connectivity index (χ3n) is 2.85. The number of urea groups is 1. The van der Waals surface area contributed by atoms with Crippen molar-refractivity contribution in [3.63, 3.8) is 0 Å². The van der Waals surface area contributed by atoms with E-state index in [1.165, 1.54) is 4.90 Å². The molecule has 0 bridgehead atoms. The summed E-state index contributed by atoms with van der Waals surface area (Å²) in [5.74, 6) is -0.163. The quantitative estimate of drug-likeness (QED) is 0.563. The minimum absolute atomic E-state index is 0.0685. The van der Waals surface area contributed by atoms with Crippen LogP contribution in [-0.4, -0.2) is 46.6 Å². The first-order chi connectivity index (χ1) is 8.04. The zero-order chi connectivity index (χ0) is 12.6. The second-order valence-corrected chi connectivity index (χ2v) is 5.26. The molecule has 1 saturated heterocycles. The molecule has 6 nitrogen and oxygen atoms in total. The number of carbonyl (C=O) groups excluding carboxylic acids is 1. The molecule has 2 rings (SSSR count). The van der Waals surface area contributed by atoms with Crippen molar-refractivity contribution >= 4 is 28.6 Å². The molecule has 0 spiro atoms. The minimum Gasteiger partial charge on any atom is -0.394 e. The van der Waals surface area contributed by atoms with Gasteiger partial charge in [-0.2, -0.15) is 0 Å². The van der Waals surface area contributed by atoms with Crippen LogP contribution in [0.3, 0.4) is 0 Å². The fourth-order valence-electron chi connectivity index (χ4n) is 1.90. The van der Waals surface area contributed by atoms with Gasteiger partial charge in [0.15, 0.2) is 5.82 Å². The number of nitrogens with two attached hydrogens (primary N) is 1. The Morgan fingerprint density at radius 1 is 1.59 bits per heavy atom. The number of carbonyl (C=O) groups is 1. The Morgan fingerprint density at radius 3 is 2.88 bits per heavy atom. The molecule has 0 unspecified atom stereocenters. The molecular formula is C9H13FIN3O3. The maximum atomic E-state index is 13.5. The van der Waals surface area contributed by atoms with Gasteiger partial charge < -0.3 is 15.6 Å². The maximum absolute atomic E-state index is 13.5. The highest BCUT2D eigenvalue weighted by Gasteiger charge is 2.39. The lowest BCUT2D eigenvalue weighted by Crippen LogP contribution is -2.50. The summed E-state index contributed by atoms with van der Waals surface area (Å²) in [5, 5.41) is 8.88. The molecule has 17 heavy (non-hydrogen) atoms. The first-order valence-electron chi connectivity index (χ1n) is 5.21. The van der Waals surface area contributed by atoms with Crippen LogP contribution in [0.15, 0.2) is 9.40 Å². The lowest BCUT2D eigenvalue weighted by atomic mass is 10.2. The summed E-state index contributed by atoms with van der Waals surface area (Å²) in [6, 6.07) is -0.813. The van der Waals surface area contributed by atoms with Crippen LogP contribution in [0.1, 0.15) is 12.8 Å². The van der Waals surface area contributed by atoms with Crippen LogP contribution in [0, 0.1) is 0 Å². The zero-order valence-corrected chi connectivity index (χ0v) is 11.1. The molecule has 2 aliphatic rings. The van der Waals surface area contributed by atoms with E-state index in [0.29, 0.717) is 16.4 Å². The number of aliphatic hydroxyl groups excluding tert-OH is 1. The zero-order valence-electron chi connectivity index (χ0n) is 8.97. The van der Waals surface area contributed by atoms with Crippen LogP contribution in [0.5, 0.6) is 0 Å². The van der Waals surface area contributed by atoms with Crippen LogP contribution in [-0.2, 0) is 4.74 Å². The largest absolute Gasteiger partial charge is 0.394 e. The van der Waals surface area contributed by atoms with Crippen LogP contribution in [0.2, 0.25) is 0 Å². The normalized spacial score (nSPS) is 30.4. The second-order valence-electron chi connectivity index (χ2n) is 3.95. The highest BCUT2D eigenvalue weighted by atomic mass is 127. The maximum Gasteiger partial charge on any atom is 0.356 e. The number of halogens is 2. The first-order valence-corrected chi connectivity index (χ1v) is 6.29. The van der Waals surface area contributed by atoms with Crippen molar-refractivity contribution in [1.82, 2.24) is 10.0 Å². The molecule has 1 fully saturated rings. The molecule has 2 aliphatic heterocycles. The molecule has 2 atom stereocenters. The Hall–Kier alpha value is -0.610. The van der Waals surface area contributed by atoms with Crippen LogP contribution in [0.25, 0.3) is 0 Å². The summed E-state index contributed by atoms with van der Waals surface area (Å²) in [4.78, 5) is 13.0. The fraction of sp³-hybridized carbons (Fsp3) is 0.667. The van der Waals surface area contributed by atoms with E-state index in [9.17, 15) is 9.28 Å². The Balaban J connectivity index is 2.11. The van der Waals surface area contributed by atoms with Gasteiger partial charge >= 0.3 is 6.03 Å². The molecule has 0 radical (unpaired) electrons. The van der Waals surface area contributed by atoms with Crippen LogP contribution >= 0.6 is 22.6 Å². The Labute approximate surface area is 111 Å². The summed E-state index contributed by atoms with van der Waals surface area (Å²) in [6.45, 7) is 0.154. The first kappa shape index (κ1) is 12.8. The van der Waals surface area contributed by atoms with Crippen LogP contribution < -0.4 is 5.73 Å². The predicted octanol–water partition coefficient (Wildman–Crippen LogP) is 0.669. The fourth-order valence-corrected chi connectivity index (χ4v) is 2.48. The molecule has 96 valence electrons. The van der Waals surface area contributed by atoms with Gasteiger partial charge in [0.25, 0.3) is 0 Å². The predicted molar refractivity (Wildman–Crippen MR) is 65.3 cm³/mol. The summed E-state index contributed by atoms with van der Waals surface area (Å²) >= 11 is 1.90. The molecule has 0 saturated carbocycles. The second kappa shape index (κ2) is 4.94. The van der Waals surface area contributed by atoms with Crippen molar-refractivity contribution in [2.24, 2.45) is 5.73 Å². The van der Waals surface area contributed by atoms with Gasteiger partial charge in [-0.05, 0) is 35.4 Å². The molecule has 2 amide bonds. The van der Waals surface area contributed by atoms with E-state index in [0.717, 1.165) is 0 Å². The number of nitrogens with zero attached hydrogens (tertiary/aromatic N) is 2. The van der Waals surface area contributed by atoms with Crippen molar-refractivity contribution in [1.29, 1.82) is 0 Å². The Morgan fingerprint density at radius 2 is 2.29 bits per heavy atom. The molecule has 0 aliphatic carbocycles. The summed E-state index contributed by atoms with van der Waals surface area (Å²) in [6.07, 6.45) is 0.485. The molecule has 3 N–H and O–H groups in total. The van der Waals surface area contributed by atoms with E-state index in [1.807, 2.05) is 22.6 Å². The number of aliphatic hydroxyl groups is 1. The summed E-state index contributed by atoms with van der Waals surface area (Å²) < 4.78 is 19.5. The van der Waals surface area contributed by atoms with Gasteiger partial charge in [-0.3, -0.25) is 4.90 Å². The molecule has 0 aromatic heterocycles. The number of ether oxygens (including phenoxy) is 1. The van der Waals surface area contributed by atoms with Crippen molar-refractivity contribution in [2.75, 3.05) is 13.2 Å². The summed E-state index contributed by atoms with van der Waals surface area (Å²) in [7, 11) is 0. The molecule has 0 aromatic carbocycles. The van der Waals surface area contributed by atoms with Gasteiger partial charge in [0, 0.05) is 0 Å². The SMILES string of the molecule is NC1=C(I)CN([C@H]2CC[C@@H](CO)O2)C(=O)N1F. The van der Waals surface area contributed by atoms with E-state index < -0.39 is 12.3 Å². The third kappa shape index (κ3) is 2.33. The van der Waals surface area contributed by atoms with E-state index in [-0.39, 0.29) is 30.2 Å². The average Bonchev–Trinajstić information content (AvgIpc) is 2.79. The van der Waals surface area contributed by atoms with Gasteiger partial charge in [-0.15, -0.1) is 5.12 Å². The number of amides is 2. The van der Waals surface area contributed by atoms with Crippen molar-refractivity contribution in [3.05, 3.63) is 9.40 Å². The number of hydrogen-bond acceptors (Lipinski definition) is 4. The molecule has 0 aromatic rings. The standard InChI is InChI=1S/C9H13FIN3O3/c10-14-8(12)6(11)3-13(9(14)16)7-2-1-5(4-15)17-7/h5,7,15H,1-4,12H2/t5-,7+/m0/s1. The molecule has 8 heteroatoms. The van der Waals surface area contributed by atoms with E-state index >= 15 is 0 Å². The number of rotatable bonds is 2. The summed E-state index contributed by atoms with van der Waals surface area (Å²) in [5.41, 5.74) is 5.42. The van der Waals surface area contributed by atoms with Crippen LogP contribution in [0.4, 0.5) is 9.28 Å². The van der Waals surface area contributed by atoms with E-state index in [4.69, 9.17) is 15.6 Å². The van der Waals surface area contributed by atoms with E-state index in [2.05, 4.69) is 0 Å². The van der Waals surface area contributed by atoms with E-state index in [1.54, 1.807) is 0 Å². The smallest absolute Gasteiger partial charge is 0.356 e. The lowest BCUT2D eigenvalue weighted by molar-refractivity contribution is -0.0633. The molecule has 2 heterocycles. The van der Waals surface area contributed by atoms with Gasteiger partial charge in [-0.25, -0.2) is 4.79 Å². The average molecular weight is 357 g/mol. The van der Waals surface area contributed by atoms with Gasteiger partial charge in [0.2, 0.25) is 0 Å². The van der Waals surface area contributed by atoms with Gasteiger partial charge in [0.1, 0.15) is 6.23 Å². The highest BCUT2D eigenvalue weighted by molar-refractivity contribution is 14.1. The third-order valence-corrected chi connectivity index (χ3v) is 3.74. The topological polar surface area (TPSA) is 79.0 Å². The van der Waals surface area contributed by atoms with Crippen molar-refractivity contribution in [3.8, 4) is 0 Å². The highest BCUT2D eigenvalue weighted by Crippen LogP contribution is 2.29. The van der Waals surface area contributed by atoms with Crippen molar-refractivity contribution in [2.45, 2.75) is 25.2 Å². The Kier molecular flexibility index (Phi) is 3.73.